The van der Waals surface area contributed by atoms with Crippen molar-refractivity contribution in [3.05, 3.63) is 54.1 Å². The van der Waals surface area contributed by atoms with Crippen LogP contribution < -0.4 is 10.2 Å². The minimum Gasteiger partial charge on any atom is -0.369 e. The van der Waals surface area contributed by atoms with Crippen LogP contribution in [0.2, 0.25) is 0 Å². The first-order valence-electron chi connectivity index (χ1n) is 9.10. The molecule has 0 aromatic heterocycles. The van der Waals surface area contributed by atoms with Gasteiger partial charge < -0.3 is 10.2 Å². The van der Waals surface area contributed by atoms with Gasteiger partial charge in [-0.1, -0.05) is 13.0 Å². The number of rotatable bonds is 5. The number of carbonyl (C=O) groups is 1. The highest BCUT2D eigenvalue weighted by atomic mass is 32.2. The average molecular weight is 409 g/mol. The Kier molecular flexibility index (Phi) is 6.51. The van der Waals surface area contributed by atoms with Gasteiger partial charge in [0.15, 0.2) is 0 Å². The van der Waals surface area contributed by atoms with Crippen LogP contribution >= 0.6 is 11.9 Å². The number of hydrogen-bond acceptors (Lipinski definition) is 4. The number of nitrogens with zero attached hydrogens (tertiary/aromatic N) is 2. The molecule has 0 unspecified atom stereocenters. The molecule has 0 atom stereocenters. The Hall–Kier alpha value is -2.19. The largest absolute Gasteiger partial charge is 0.416 e. The Balaban J connectivity index is 1.54. The van der Waals surface area contributed by atoms with E-state index in [0.717, 1.165) is 29.7 Å². The number of anilines is 2. The van der Waals surface area contributed by atoms with Gasteiger partial charge in [0.2, 0.25) is 5.91 Å². The lowest BCUT2D eigenvalue weighted by Gasteiger charge is -2.35. The second-order valence-corrected chi connectivity index (χ2v) is 7.65. The molecular formula is C20H22F3N3OS. The average Bonchev–Trinajstić information content (AvgIpc) is 2.69. The smallest absolute Gasteiger partial charge is 0.369 e. The molecule has 1 aliphatic rings. The lowest BCUT2D eigenvalue weighted by atomic mass is 10.1. The van der Waals surface area contributed by atoms with Crippen LogP contribution in [-0.4, -0.2) is 36.4 Å². The molecule has 1 saturated heterocycles. The zero-order valence-corrected chi connectivity index (χ0v) is 16.3. The molecule has 1 heterocycles. The van der Waals surface area contributed by atoms with E-state index in [9.17, 15) is 18.0 Å². The fourth-order valence-electron chi connectivity index (χ4n) is 2.91. The van der Waals surface area contributed by atoms with Gasteiger partial charge in [0.25, 0.3) is 0 Å². The number of halogens is 3. The Bertz CT molecular complexity index is 803. The van der Waals surface area contributed by atoms with Crippen LogP contribution in [0.1, 0.15) is 18.9 Å². The summed E-state index contributed by atoms with van der Waals surface area (Å²) in [7, 11) is 0. The van der Waals surface area contributed by atoms with Crippen molar-refractivity contribution in [3.8, 4) is 0 Å². The van der Waals surface area contributed by atoms with Gasteiger partial charge in [-0.15, -0.1) is 0 Å². The van der Waals surface area contributed by atoms with E-state index in [1.807, 2.05) is 29.2 Å². The summed E-state index contributed by atoms with van der Waals surface area (Å²) in [6.45, 7) is 4.63. The maximum Gasteiger partial charge on any atom is 0.416 e. The highest BCUT2D eigenvalue weighted by Gasteiger charge is 2.31. The van der Waals surface area contributed by atoms with Crippen LogP contribution in [0.3, 0.4) is 0 Å². The Morgan fingerprint density at radius 2 is 1.75 bits per heavy atom. The number of nitrogens with one attached hydrogen (secondary N) is 1. The van der Waals surface area contributed by atoms with Crippen LogP contribution in [0.15, 0.2) is 53.4 Å². The first-order chi connectivity index (χ1) is 13.3. The summed E-state index contributed by atoms with van der Waals surface area (Å²) >= 11 is 1.62. The van der Waals surface area contributed by atoms with Gasteiger partial charge in [-0.05, 0) is 54.4 Å². The van der Waals surface area contributed by atoms with Crippen molar-refractivity contribution in [2.45, 2.75) is 24.4 Å². The molecule has 2 aromatic rings. The third-order valence-electron chi connectivity index (χ3n) is 4.47. The van der Waals surface area contributed by atoms with E-state index in [-0.39, 0.29) is 5.91 Å². The third kappa shape index (κ3) is 5.42. The highest BCUT2D eigenvalue weighted by molar-refractivity contribution is 7.97. The maximum absolute atomic E-state index is 12.9. The number of hydrogen-bond donors (Lipinski definition) is 1. The summed E-state index contributed by atoms with van der Waals surface area (Å²) in [5, 5.41) is 2.81. The lowest BCUT2D eigenvalue weighted by molar-refractivity contribution is -0.137. The molecular weight excluding hydrogens is 387 g/mol. The van der Waals surface area contributed by atoms with E-state index < -0.39 is 11.7 Å². The number of piperazine rings is 1. The van der Waals surface area contributed by atoms with Crippen molar-refractivity contribution in [1.29, 1.82) is 0 Å². The second kappa shape index (κ2) is 8.87. The molecule has 1 fully saturated rings. The summed E-state index contributed by atoms with van der Waals surface area (Å²) in [6, 6.07) is 13.1. The van der Waals surface area contributed by atoms with Crippen molar-refractivity contribution < 1.29 is 18.0 Å². The summed E-state index contributed by atoms with van der Waals surface area (Å²) in [6.07, 6.45) is -3.89. The fourth-order valence-corrected chi connectivity index (χ4v) is 3.82. The van der Waals surface area contributed by atoms with Crippen LogP contribution in [0.25, 0.3) is 0 Å². The minimum absolute atomic E-state index is 0.0221. The van der Waals surface area contributed by atoms with Crippen molar-refractivity contribution >= 4 is 29.2 Å². The summed E-state index contributed by atoms with van der Waals surface area (Å²) in [5.41, 5.74) is 0.762. The number of alkyl halides is 3. The van der Waals surface area contributed by atoms with E-state index >= 15 is 0 Å². The molecule has 150 valence electrons. The molecule has 0 radical (unpaired) electrons. The van der Waals surface area contributed by atoms with Crippen LogP contribution in [0.5, 0.6) is 0 Å². The molecule has 4 nitrogen and oxygen atoms in total. The molecule has 1 N–H and O–H groups in total. The Morgan fingerprint density at radius 1 is 1.07 bits per heavy atom. The molecule has 0 saturated carbocycles. The van der Waals surface area contributed by atoms with Crippen molar-refractivity contribution in [2.75, 3.05) is 36.4 Å². The van der Waals surface area contributed by atoms with Gasteiger partial charge in [-0.25, -0.2) is 4.31 Å². The quantitative estimate of drug-likeness (QED) is 0.714. The predicted octanol–water partition coefficient (Wildman–Crippen LogP) is 4.88. The fraction of sp³-hybridized carbons (Fsp3) is 0.350. The van der Waals surface area contributed by atoms with Gasteiger partial charge >= 0.3 is 6.18 Å². The third-order valence-corrected chi connectivity index (χ3v) is 5.58. The van der Waals surface area contributed by atoms with Crippen LogP contribution in [-0.2, 0) is 11.0 Å². The van der Waals surface area contributed by atoms with Gasteiger partial charge in [0.05, 0.1) is 5.56 Å². The van der Waals surface area contributed by atoms with E-state index in [2.05, 4.69) is 9.62 Å². The number of carbonyl (C=O) groups excluding carboxylic acids is 1. The lowest BCUT2D eigenvalue weighted by Crippen LogP contribution is -2.43. The van der Waals surface area contributed by atoms with E-state index in [0.29, 0.717) is 25.2 Å². The molecule has 0 bridgehead atoms. The molecule has 1 aliphatic heterocycles. The van der Waals surface area contributed by atoms with E-state index in [4.69, 9.17) is 0 Å². The molecule has 3 rings (SSSR count). The van der Waals surface area contributed by atoms with E-state index in [1.54, 1.807) is 24.9 Å². The van der Waals surface area contributed by atoms with Gasteiger partial charge in [-0.3, -0.25) is 4.79 Å². The SMILES string of the molecule is CCC(=O)Nc1ccc(SN2CCN(c3cccc(C(F)(F)F)c3)CC2)cc1. The van der Waals surface area contributed by atoms with Crippen molar-refractivity contribution in [1.82, 2.24) is 4.31 Å². The number of benzene rings is 2. The second-order valence-electron chi connectivity index (χ2n) is 6.48. The van der Waals surface area contributed by atoms with Crippen molar-refractivity contribution in [3.63, 3.8) is 0 Å². The molecule has 28 heavy (non-hydrogen) atoms. The summed E-state index contributed by atoms with van der Waals surface area (Å²) in [5.74, 6) is -0.0221. The molecule has 0 spiro atoms. The first-order valence-corrected chi connectivity index (χ1v) is 9.87. The van der Waals surface area contributed by atoms with Gasteiger partial charge in [-0.2, -0.15) is 13.2 Å². The zero-order chi connectivity index (χ0) is 20.1. The molecule has 2 aromatic carbocycles. The maximum atomic E-state index is 12.9. The number of amides is 1. The predicted molar refractivity (Wildman–Crippen MR) is 106 cm³/mol. The Labute approximate surface area is 166 Å². The van der Waals surface area contributed by atoms with Crippen LogP contribution in [0, 0.1) is 0 Å². The normalized spacial score (nSPS) is 15.5. The molecule has 0 aliphatic carbocycles. The molecule has 8 heteroatoms. The summed E-state index contributed by atoms with van der Waals surface area (Å²) in [4.78, 5) is 14.5. The van der Waals surface area contributed by atoms with Crippen molar-refractivity contribution in [2.24, 2.45) is 0 Å². The molecule has 1 amide bonds. The zero-order valence-electron chi connectivity index (χ0n) is 15.5. The highest BCUT2D eigenvalue weighted by Crippen LogP contribution is 2.32. The monoisotopic (exact) mass is 409 g/mol. The van der Waals surface area contributed by atoms with Crippen LogP contribution in [0.4, 0.5) is 24.5 Å². The Morgan fingerprint density at radius 3 is 2.36 bits per heavy atom. The summed E-state index contributed by atoms with van der Waals surface area (Å²) < 4.78 is 40.9. The van der Waals surface area contributed by atoms with Gasteiger partial charge in [0.1, 0.15) is 0 Å². The van der Waals surface area contributed by atoms with E-state index in [1.165, 1.54) is 12.1 Å². The topological polar surface area (TPSA) is 35.6 Å². The standard InChI is InChI=1S/C20H22F3N3OS/c1-2-19(27)24-16-6-8-18(9-7-16)28-26-12-10-25(11-13-26)17-5-3-4-15(14-17)20(21,22)23/h3-9,14H,2,10-13H2,1H3,(H,24,27). The van der Waals surface area contributed by atoms with Gasteiger partial charge in [0, 0.05) is 48.9 Å². The minimum atomic E-state index is -4.32. The first kappa shape index (κ1) is 20.5.